The zero-order valence-electron chi connectivity index (χ0n) is 11.8. The average molecular weight is 305 g/mol. The van der Waals surface area contributed by atoms with Crippen molar-refractivity contribution in [2.24, 2.45) is 5.73 Å². The number of nitrogens with two attached hydrogens (primary N) is 1. The number of hydrogen-bond donors (Lipinski definition) is 4. The van der Waals surface area contributed by atoms with Gasteiger partial charge in [0.25, 0.3) is 0 Å². The number of hydrogen-bond acceptors (Lipinski definition) is 4. The lowest BCUT2D eigenvalue weighted by molar-refractivity contribution is -0.142. The van der Waals surface area contributed by atoms with Crippen molar-refractivity contribution < 1.29 is 19.5 Å². The van der Waals surface area contributed by atoms with E-state index in [-0.39, 0.29) is 0 Å². The molecule has 0 aromatic heterocycles. The van der Waals surface area contributed by atoms with Gasteiger partial charge in [0.2, 0.25) is 5.91 Å². The minimum atomic E-state index is -1.07. The van der Waals surface area contributed by atoms with Gasteiger partial charge in [-0.05, 0) is 24.9 Å². The van der Waals surface area contributed by atoms with Gasteiger partial charge in [-0.3, -0.25) is 4.79 Å². The molecule has 0 heterocycles. The van der Waals surface area contributed by atoms with E-state index < -0.39 is 30.0 Å². The fraction of sp³-hybridized carbons (Fsp3) is 0.750. The van der Waals surface area contributed by atoms with Crippen LogP contribution >= 0.6 is 11.8 Å². The Morgan fingerprint density at radius 3 is 2.30 bits per heavy atom. The standard InChI is InChI=1S/C12H23N3O4S/c1-3-4-5-9(11(17)18)14-10(16)8(6-7-20-2)15-12(13)19/h8-9H,3-7H2,1-2H3,(H,14,16)(H,17,18)(H3,13,15,19). The molecule has 0 radical (unpaired) electrons. The molecule has 0 aliphatic carbocycles. The third-order valence-corrected chi connectivity index (χ3v) is 3.35. The number of amides is 3. The van der Waals surface area contributed by atoms with Crippen molar-refractivity contribution in [3.05, 3.63) is 0 Å². The zero-order valence-corrected chi connectivity index (χ0v) is 12.7. The van der Waals surface area contributed by atoms with Crippen LogP contribution in [0.2, 0.25) is 0 Å². The number of carboxylic acid groups (broad SMARTS) is 1. The van der Waals surface area contributed by atoms with Crippen molar-refractivity contribution in [2.75, 3.05) is 12.0 Å². The third-order valence-electron chi connectivity index (χ3n) is 2.70. The van der Waals surface area contributed by atoms with Gasteiger partial charge < -0.3 is 21.5 Å². The lowest BCUT2D eigenvalue weighted by Crippen LogP contribution is -2.52. The van der Waals surface area contributed by atoms with Crippen molar-refractivity contribution in [2.45, 2.75) is 44.7 Å². The van der Waals surface area contributed by atoms with Gasteiger partial charge in [-0.1, -0.05) is 19.8 Å². The predicted molar refractivity (Wildman–Crippen MR) is 78.6 cm³/mol. The Labute approximate surface area is 123 Å². The second-order valence-electron chi connectivity index (χ2n) is 4.38. The Morgan fingerprint density at radius 1 is 1.20 bits per heavy atom. The Bertz CT molecular complexity index is 339. The number of aliphatic carboxylic acids is 1. The summed E-state index contributed by atoms with van der Waals surface area (Å²) < 4.78 is 0. The summed E-state index contributed by atoms with van der Waals surface area (Å²) in [7, 11) is 0. The number of unbranched alkanes of at least 4 members (excludes halogenated alkanes) is 1. The first kappa shape index (κ1) is 18.6. The number of carbonyl (C=O) groups is 3. The summed E-state index contributed by atoms with van der Waals surface area (Å²) in [5.74, 6) is -0.929. The van der Waals surface area contributed by atoms with Gasteiger partial charge in [0.05, 0.1) is 0 Å². The largest absolute Gasteiger partial charge is 0.480 e. The quantitative estimate of drug-likeness (QED) is 0.469. The van der Waals surface area contributed by atoms with Crippen molar-refractivity contribution in [1.82, 2.24) is 10.6 Å². The number of nitrogens with one attached hydrogen (secondary N) is 2. The molecular formula is C12H23N3O4S. The molecule has 0 fully saturated rings. The van der Waals surface area contributed by atoms with Crippen LogP contribution in [0.25, 0.3) is 0 Å². The third kappa shape index (κ3) is 7.88. The molecule has 2 atom stereocenters. The molecule has 0 aliphatic heterocycles. The predicted octanol–water partition coefficient (Wildman–Crippen LogP) is 0.536. The topological polar surface area (TPSA) is 122 Å². The fourth-order valence-electron chi connectivity index (χ4n) is 1.61. The van der Waals surface area contributed by atoms with E-state index in [1.165, 1.54) is 11.8 Å². The zero-order chi connectivity index (χ0) is 15.5. The van der Waals surface area contributed by atoms with Gasteiger partial charge in [-0.2, -0.15) is 11.8 Å². The number of urea groups is 1. The molecule has 5 N–H and O–H groups in total. The molecule has 8 heteroatoms. The number of rotatable bonds is 10. The molecule has 20 heavy (non-hydrogen) atoms. The summed E-state index contributed by atoms with van der Waals surface area (Å²) in [6.07, 6.45) is 4.19. The maximum Gasteiger partial charge on any atom is 0.326 e. The van der Waals surface area contributed by atoms with Crippen LogP contribution in [0, 0.1) is 0 Å². The summed E-state index contributed by atoms with van der Waals surface area (Å²) in [4.78, 5) is 34.0. The molecule has 0 aliphatic rings. The molecule has 2 unspecified atom stereocenters. The minimum Gasteiger partial charge on any atom is -0.480 e. The van der Waals surface area contributed by atoms with Crippen LogP contribution in [0.3, 0.4) is 0 Å². The Kier molecular flexibility index (Phi) is 9.61. The van der Waals surface area contributed by atoms with Gasteiger partial charge in [0.1, 0.15) is 12.1 Å². The lowest BCUT2D eigenvalue weighted by atomic mass is 10.1. The van der Waals surface area contributed by atoms with Crippen LogP contribution in [0.15, 0.2) is 0 Å². The van der Waals surface area contributed by atoms with Crippen LogP contribution in [0.4, 0.5) is 4.79 Å². The van der Waals surface area contributed by atoms with E-state index in [2.05, 4.69) is 10.6 Å². The smallest absolute Gasteiger partial charge is 0.326 e. The van der Waals surface area contributed by atoms with E-state index in [1.807, 2.05) is 13.2 Å². The summed E-state index contributed by atoms with van der Waals surface area (Å²) in [6.45, 7) is 1.94. The van der Waals surface area contributed by atoms with E-state index in [4.69, 9.17) is 10.8 Å². The molecule has 0 bridgehead atoms. The first-order chi connectivity index (χ1) is 9.42. The molecule has 0 spiro atoms. The highest BCUT2D eigenvalue weighted by atomic mass is 32.2. The average Bonchev–Trinajstić information content (AvgIpc) is 2.38. The fourth-order valence-corrected chi connectivity index (χ4v) is 2.09. The van der Waals surface area contributed by atoms with Gasteiger partial charge in [-0.15, -0.1) is 0 Å². The molecule has 7 nitrogen and oxygen atoms in total. The van der Waals surface area contributed by atoms with Crippen molar-refractivity contribution in [3.63, 3.8) is 0 Å². The van der Waals surface area contributed by atoms with Crippen molar-refractivity contribution >= 4 is 29.7 Å². The maximum absolute atomic E-state index is 12.0. The molecule has 0 saturated heterocycles. The van der Waals surface area contributed by atoms with Crippen LogP contribution in [0.1, 0.15) is 32.6 Å². The second-order valence-corrected chi connectivity index (χ2v) is 5.37. The first-order valence-electron chi connectivity index (χ1n) is 6.50. The number of carboxylic acids is 1. The van der Waals surface area contributed by atoms with Gasteiger partial charge >= 0.3 is 12.0 Å². The van der Waals surface area contributed by atoms with Crippen LogP contribution < -0.4 is 16.4 Å². The number of primary amides is 1. The maximum atomic E-state index is 12.0. The van der Waals surface area contributed by atoms with Gasteiger partial charge in [0.15, 0.2) is 0 Å². The molecular weight excluding hydrogens is 282 g/mol. The Balaban J connectivity index is 4.59. The first-order valence-corrected chi connectivity index (χ1v) is 7.89. The van der Waals surface area contributed by atoms with Gasteiger partial charge in [0, 0.05) is 0 Å². The van der Waals surface area contributed by atoms with E-state index in [0.29, 0.717) is 25.0 Å². The van der Waals surface area contributed by atoms with Crippen molar-refractivity contribution in [3.8, 4) is 0 Å². The Hall–Kier alpha value is -1.44. The minimum absolute atomic E-state index is 0.364. The van der Waals surface area contributed by atoms with Crippen LogP contribution in [0.5, 0.6) is 0 Å². The van der Waals surface area contributed by atoms with Crippen LogP contribution in [-0.2, 0) is 9.59 Å². The molecule has 0 aromatic rings. The summed E-state index contributed by atoms with van der Waals surface area (Å²) in [5.41, 5.74) is 5.02. The number of thioether (sulfide) groups is 1. The SMILES string of the molecule is CCCCC(NC(=O)C(CCSC)NC(N)=O)C(=O)O. The molecule has 0 saturated carbocycles. The summed E-state index contributed by atoms with van der Waals surface area (Å²) >= 11 is 1.53. The van der Waals surface area contributed by atoms with Crippen molar-refractivity contribution in [1.29, 1.82) is 0 Å². The molecule has 116 valence electrons. The van der Waals surface area contributed by atoms with Gasteiger partial charge in [-0.25, -0.2) is 9.59 Å². The second kappa shape index (κ2) is 10.4. The normalized spacial score (nSPS) is 13.3. The van der Waals surface area contributed by atoms with Crippen LogP contribution in [-0.4, -0.2) is 47.1 Å². The molecule has 0 aromatic carbocycles. The summed E-state index contributed by atoms with van der Waals surface area (Å²) in [5, 5.41) is 13.8. The lowest BCUT2D eigenvalue weighted by Gasteiger charge is -2.20. The highest BCUT2D eigenvalue weighted by Crippen LogP contribution is 2.04. The Morgan fingerprint density at radius 2 is 1.85 bits per heavy atom. The van der Waals surface area contributed by atoms with E-state index >= 15 is 0 Å². The number of carbonyl (C=O) groups excluding carboxylic acids is 2. The highest BCUT2D eigenvalue weighted by molar-refractivity contribution is 7.98. The monoisotopic (exact) mass is 305 g/mol. The highest BCUT2D eigenvalue weighted by Gasteiger charge is 2.25. The molecule has 3 amide bonds. The molecule has 0 rings (SSSR count). The summed E-state index contributed by atoms with van der Waals surface area (Å²) in [6, 6.07) is -2.54. The van der Waals surface area contributed by atoms with E-state index in [0.717, 1.165) is 6.42 Å². The van der Waals surface area contributed by atoms with E-state index in [1.54, 1.807) is 0 Å². The van der Waals surface area contributed by atoms with E-state index in [9.17, 15) is 14.4 Å².